The molecule has 0 saturated heterocycles. The van der Waals surface area contributed by atoms with E-state index in [4.69, 9.17) is 4.74 Å². The third-order valence-electron chi connectivity index (χ3n) is 4.10. The predicted molar refractivity (Wildman–Crippen MR) is 113 cm³/mol. The molecule has 0 fully saturated rings. The molecule has 0 bridgehead atoms. The second-order valence-corrected chi connectivity index (χ2v) is 8.36. The summed E-state index contributed by atoms with van der Waals surface area (Å²) in [6.45, 7) is 4.24. The Balaban J connectivity index is 1.53. The van der Waals surface area contributed by atoms with Crippen LogP contribution in [-0.2, 0) is 17.0 Å². The predicted octanol–water partition coefficient (Wildman–Crippen LogP) is 5.24. The Kier molecular flexibility index (Phi) is 6.53. The number of anilines is 1. The minimum atomic E-state index is -0.0726. The average molecular weight is 399 g/mol. The van der Waals surface area contributed by atoms with Crippen molar-refractivity contribution < 1.29 is 9.53 Å². The summed E-state index contributed by atoms with van der Waals surface area (Å²) in [6, 6.07) is 13.8. The lowest BCUT2D eigenvalue weighted by atomic mass is 10.1. The van der Waals surface area contributed by atoms with Crippen molar-refractivity contribution >= 4 is 34.7 Å². The van der Waals surface area contributed by atoms with Crippen molar-refractivity contribution in [1.29, 1.82) is 0 Å². The van der Waals surface area contributed by atoms with Crippen LogP contribution < -0.4 is 10.1 Å². The maximum absolute atomic E-state index is 12.2. The molecular weight excluding hydrogens is 376 g/mol. The molecule has 3 rings (SSSR count). The quantitative estimate of drug-likeness (QED) is 0.553. The number of carbonyl (C=O) groups is 1. The minimum Gasteiger partial charge on any atom is -0.497 e. The third kappa shape index (κ3) is 5.58. The Morgan fingerprint density at radius 3 is 2.70 bits per heavy atom. The number of benzene rings is 2. The number of nitrogens with zero attached hydrogens (tertiary/aromatic N) is 1. The van der Waals surface area contributed by atoms with E-state index in [1.54, 1.807) is 30.2 Å². The first-order chi connectivity index (χ1) is 13.0. The maximum Gasteiger partial charge on any atom is 0.230 e. The number of thiazole rings is 1. The highest BCUT2D eigenvalue weighted by Crippen LogP contribution is 2.28. The lowest BCUT2D eigenvalue weighted by molar-refractivity contribution is -0.115. The summed E-state index contributed by atoms with van der Waals surface area (Å²) in [4.78, 5) is 16.8. The van der Waals surface area contributed by atoms with E-state index < -0.39 is 0 Å². The Morgan fingerprint density at radius 1 is 1.19 bits per heavy atom. The first-order valence-electron chi connectivity index (χ1n) is 8.61. The van der Waals surface area contributed by atoms with E-state index in [1.807, 2.05) is 29.6 Å². The second kappa shape index (κ2) is 9.06. The van der Waals surface area contributed by atoms with Gasteiger partial charge in [0.05, 0.1) is 19.2 Å². The number of rotatable bonds is 7. The molecule has 27 heavy (non-hydrogen) atoms. The number of methoxy groups -OCH3 is 1. The molecule has 1 amide bonds. The molecular formula is C21H22N2O2S2. The maximum atomic E-state index is 12.2. The molecule has 1 heterocycles. The van der Waals surface area contributed by atoms with Crippen molar-refractivity contribution in [1.82, 2.24) is 4.98 Å². The van der Waals surface area contributed by atoms with Gasteiger partial charge >= 0.3 is 0 Å². The van der Waals surface area contributed by atoms with E-state index in [0.29, 0.717) is 0 Å². The van der Waals surface area contributed by atoms with Gasteiger partial charge in [-0.15, -0.1) is 11.3 Å². The molecule has 140 valence electrons. The highest BCUT2D eigenvalue weighted by atomic mass is 32.2. The smallest absolute Gasteiger partial charge is 0.230 e. The van der Waals surface area contributed by atoms with Crippen LogP contribution in [0.25, 0.3) is 0 Å². The molecule has 1 N–H and O–H groups in total. The second-order valence-electron chi connectivity index (χ2n) is 6.28. The summed E-state index contributed by atoms with van der Waals surface area (Å²) in [7, 11) is 1.62. The van der Waals surface area contributed by atoms with Crippen LogP contribution in [0.3, 0.4) is 0 Å². The molecule has 0 saturated carbocycles. The minimum absolute atomic E-state index is 0.0726. The molecule has 1 aromatic heterocycles. The lowest BCUT2D eigenvalue weighted by Crippen LogP contribution is -2.14. The largest absolute Gasteiger partial charge is 0.497 e. The van der Waals surface area contributed by atoms with Gasteiger partial charge in [-0.2, -0.15) is 0 Å². The van der Waals surface area contributed by atoms with Crippen LogP contribution in [0.15, 0.2) is 52.2 Å². The SMILES string of the molecule is COc1ccc(NC(=O)Cc2csc(SCc3cc(C)ccc3C)n2)cc1. The van der Waals surface area contributed by atoms with Gasteiger partial charge in [0.25, 0.3) is 0 Å². The fourth-order valence-corrected chi connectivity index (χ4v) is 4.48. The van der Waals surface area contributed by atoms with Crippen LogP contribution in [0.2, 0.25) is 0 Å². The summed E-state index contributed by atoms with van der Waals surface area (Å²) in [6.07, 6.45) is 0.270. The molecule has 2 aromatic carbocycles. The van der Waals surface area contributed by atoms with Crippen LogP contribution in [-0.4, -0.2) is 18.0 Å². The highest BCUT2D eigenvalue weighted by molar-refractivity contribution is 8.00. The van der Waals surface area contributed by atoms with Crippen molar-refractivity contribution in [2.45, 2.75) is 30.4 Å². The number of hydrogen-bond donors (Lipinski definition) is 1. The number of hydrogen-bond acceptors (Lipinski definition) is 5. The van der Waals surface area contributed by atoms with Crippen LogP contribution in [0.1, 0.15) is 22.4 Å². The van der Waals surface area contributed by atoms with Crippen molar-refractivity contribution in [3.63, 3.8) is 0 Å². The van der Waals surface area contributed by atoms with E-state index in [-0.39, 0.29) is 12.3 Å². The van der Waals surface area contributed by atoms with E-state index in [9.17, 15) is 4.79 Å². The first-order valence-corrected chi connectivity index (χ1v) is 10.5. The zero-order valence-corrected chi connectivity index (χ0v) is 17.2. The molecule has 4 nitrogen and oxygen atoms in total. The fourth-order valence-electron chi connectivity index (χ4n) is 2.58. The Labute approximate surface area is 168 Å². The third-order valence-corrected chi connectivity index (χ3v) is 6.22. The normalized spacial score (nSPS) is 10.6. The number of aryl methyl sites for hydroxylation is 2. The number of thioether (sulfide) groups is 1. The summed E-state index contributed by atoms with van der Waals surface area (Å²) < 4.78 is 6.11. The summed E-state index contributed by atoms with van der Waals surface area (Å²) in [5.74, 6) is 1.58. The van der Waals surface area contributed by atoms with E-state index in [0.717, 1.165) is 27.2 Å². The molecule has 0 aliphatic heterocycles. The van der Waals surface area contributed by atoms with Gasteiger partial charge in [0, 0.05) is 16.8 Å². The Morgan fingerprint density at radius 2 is 1.96 bits per heavy atom. The van der Waals surface area contributed by atoms with Gasteiger partial charge in [0.15, 0.2) is 0 Å². The molecule has 0 radical (unpaired) electrons. The van der Waals surface area contributed by atoms with Crippen LogP contribution in [0.5, 0.6) is 5.75 Å². The van der Waals surface area contributed by atoms with Crippen LogP contribution in [0.4, 0.5) is 5.69 Å². The van der Waals surface area contributed by atoms with Gasteiger partial charge in [0.1, 0.15) is 10.1 Å². The zero-order valence-electron chi connectivity index (χ0n) is 15.6. The first kappa shape index (κ1) is 19.5. The number of amides is 1. The molecule has 6 heteroatoms. The molecule has 0 aliphatic rings. The molecule has 0 unspecified atom stereocenters. The topological polar surface area (TPSA) is 51.2 Å². The van der Waals surface area contributed by atoms with Crippen molar-refractivity contribution in [2.75, 3.05) is 12.4 Å². The molecule has 3 aromatic rings. The van der Waals surface area contributed by atoms with Gasteiger partial charge < -0.3 is 10.1 Å². The molecule has 0 spiro atoms. The highest BCUT2D eigenvalue weighted by Gasteiger charge is 2.09. The lowest BCUT2D eigenvalue weighted by Gasteiger charge is -2.06. The monoisotopic (exact) mass is 398 g/mol. The van der Waals surface area contributed by atoms with Crippen LogP contribution >= 0.6 is 23.1 Å². The van der Waals surface area contributed by atoms with Crippen molar-refractivity contribution in [2.24, 2.45) is 0 Å². The van der Waals surface area contributed by atoms with Gasteiger partial charge in [-0.1, -0.05) is 35.5 Å². The number of aromatic nitrogens is 1. The van der Waals surface area contributed by atoms with Crippen LogP contribution in [0, 0.1) is 13.8 Å². The van der Waals surface area contributed by atoms with Gasteiger partial charge in [0.2, 0.25) is 5.91 Å². The van der Waals surface area contributed by atoms with E-state index in [2.05, 4.69) is 42.3 Å². The standard InChI is InChI=1S/C21H22N2O2S2/c1-14-4-5-15(2)16(10-14)12-26-21-23-18(13-27-21)11-20(24)22-17-6-8-19(25-3)9-7-17/h4-10,13H,11-12H2,1-3H3,(H,22,24). The number of ether oxygens (including phenoxy) is 1. The van der Waals surface area contributed by atoms with Gasteiger partial charge in [-0.3, -0.25) is 4.79 Å². The summed E-state index contributed by atoms with van der Waals surface area (Å²) in [5, 5.41) is 4.84. The van der Waals surface area contributed by atoms with Crippen molar-refractivity contribution in [3.8, 4) is 5.75 Å². The summed E-state index contributed by atoms with van der Waals surface area (Å²) >= 11 is 3.30. The number of nitrogens with one attached hydrogen (secondary N) is 1. The Hall–Kier alpha value is -2.31. The molecule has 0 atom stereocenters. The zero-order chi connectivity index (χ0) is 19.2. The van der Waals surface area contributed by atoms with Gasteiger partial charge in [-0.25, -0.2) is 4.98 Å². The summed E-state index contributed by atoms with van der Waals surface area (Å²) in [5.41, 5.74) is 5.44. The van der Waals surface area contributed by atoms with Gasteiger partial charge in [-0.05, 0) is 49.2 Å². The Bertz CT molecular complexity index is 920. The van der Waals surface area contributed by atoms with Crippen molar-refractivity contribution in [3.05, 3.63) is 70.2 Å². The number of carbonyl (C=O) groups excluding carboxylic acids is 1. The van der Waals surface area contributed by atoms with E-state index >= 15 is 0 Å². The van der Waals surface area contributed by atoms with E-state index in [1.165, 1.54) is 16.7 Å². The average Bonchev–Trinajstić information content (AvgIpc) is 3.10. The fraction of sp³-hybridized carbons (Fsp3) is 0.238. The molecule has 0 aliphatic carbocycles.